The van der Waals surface area contributed by atoms with Gasteiger partial charge in [-0.15, -0.1) is 0 Å². The third-order valence-electron chi connectivity index (χ3n) is 9.02. The van der Waals surface area contributed by atoms with E-state index in [2.05, 4.69) is 20.7 Å². The second-order valence-electron chi connectivity index (χ2n) is 13.2. The lowest BCUT2D eigenvalue weighted by atomic mass is 9.84. The van der Waals surface area contributed by atoms with Crippen LogP contribution in [0.2, 0.25) is 0 Å². The Balaban J connectivity index is 1.22. The number of rotatable bonds is 6. The third-order valence-corrected chi connectivity index (χ3v) is 9.02. The van der Waals surface area contributed by atoms with Gasteiger partial charge < -0.3 is 20.1 Å². The molecule has 3 N–H and O–H groups in total. The van der Waals surface area contributed by atoms with E-state index in [1.54, 1.807) is 41.6 Å². The molecule has 0 spiro atoms. The van der Waals surface area contributed by atoms with Crippen molar-refractivity contribution in [1.29, 1.82) is 0 Å². The fourth-order valence-corrected chi connectivity index (χ4v) is 6.36. The summed E-state index contributed by atoms with van der Waals surface area (Å²) < 4.78 is 20.8. The summed E-state index contributed by atoms with van der Waals surface area (Å²) in [7, 11) is 0. The number of anilines is 3. The highest BCUT2D eigenvalue weighted by Gasteiger charge is 2.32. The van der Waals surface area contributed by atoms with Gasteiger partial charge in [-0.3, -0.25) is 14.6 Å². The van der Waals surface area contributed by atoms with E-state index in [-0.39, 0.29) is 30.0 Å². The van der Waals surface area contributed by atoms with Gasteiger partial charge in [-0.2, -0.15) is 0 Å². The number of amides is 2. The predicted octanol–water partition coefficient (Wildman–Crippen LogP) is 6.11. The highest BCUT2D eigenvalue weighted by molar-refractivity contribution is 6.08. The van der Waals surface area contributed by atoms with Crippen LogP contribution in [0.3, 0.4) is 0 Å². The largest absolute Gasteiger partial charge is 0.392 e. The lowest BCUT2D eigenvalue weighted by Crippen LogP contribution is -2.48. The van der Waals surface area contributed by atoms with Crippen molar-refractivity contribution in [1.82, 2.24) is 20.3 Å². The van der Waals surface area contributed by atoms with Gasteiger partial charge in [0.2, 0.25) is 0 Å². The number of nitrogens with zero attached hydrogens (tertiary/aromatic N) is 4. The van der Waals surface area contributed by atoms with Crippen LogP contribution in [0.1, 0.15) is 58.2 Å². The van der Waals surface area contributed by atoms with Crippen LogP contribution in [0.5, 0.6) is 0 Å². The lowest BCUT2D eigenvalue weighted by molar-refractivity contribution is 0.0302. The molecule has 3 aromatic carbocycles. The maximum absolute atomic E-state index is 15.5. The normalized spacial score (nSPS) is 15.0. The summed E-state index contributed by atoms with van der Waals surface area (Å²) in [4.78, 5) is 37.6. The molecule has 0 atom stereocenters. The predicted molar refractivity (Wildman–Crippen MR) is 186 cm³/mol. The molecule has 2 aromatic heterocycles. The third kappa shape index (κ3) is 6.24. The number of carbonyl (C=O) groups is 2. The van der Waals surface area contributed by atoms with Gasteiger partial charge in [0, 0.05) is 43.0 Å². The summed E-state index contributed by atoms with van der Waals surface area (Å²) >= 11 is 0. The minimum absolute atomic E-state index is 0.0227. The Kier molecular flexibility index (Phi) is 8.57. The second-order valence-corrected chi connectivity index (χ2v) is 13.2. The molecule has 2 aliphatic heterocycles. The standard InChI is InChI=1S/C38H37FN6O4/c1-38(2,3)27-17-26-21-42-45(37(48)34(26)30(39)19-27)32-8-4-7-28(29(32)22-46)25-16-23-6-5-11-40-35(23)31(18-25)43-33-10-9-24(20-41-33)36(47)44-12-14-49-15-13-44/h4-11,16-20,42,46H,12-15,21-22H2,1-3H3,(H,41,43). The van der Waals surface area contributed by atoms with E-state index in [0.717, 1.165) is 16.5 Å². The van der Waals surface area contributed by atoms with Gasteiger partial charge in [0.05, 0.1) is 47.8 Å². The van der Waals surface area contributed by atoms with Crippen LogP contribution >= 0.6 is 0 Å². The number of aliphatic hydroxyl groups excluding tert-OH is 1. The summed E-state index contributed by atoms with van der Waals surface area (Å²) in [5.41, 5.74) is 8.55. The van der Waals surface area contributed by atoms with E-state index in [1.807, 2.05) is 57.2 Å². The second kappa shape index (κ2) is 13.0. The zero-order valence-electron chi connectivity index (χ0n) is 27.6. The monoisotopic (exact) mass is 660 g/mol. The van der Waals surface area contributed by atoms with Gasteiger partial charge in [0.1, 0.15) is 11.6 Å². The van der Waals surface area contributed by atoms with Crippen molar-refractivity contribution in [3.8, 4) is 11.1 Å². The van der Waals surface area contributed by atoms with E-state index in [0.29, 0.717) is 71.3 Å². The molecule has 4 heterocycles. The molecule has 2 amide bonds. The first kappa shape index (κ1) is 32.3. The van der Waals surface area contributed by atoms with Crippen LogP contribution in [-0.2, 0) is 23.3 Å². The maximum atomic E-state index is 15.5. The molecule has 11 heteroatoms. The van der Waals surface area contributed by atoms with Crippen molar-refractivity contribution < 1.29 is 23.8 Å². The smallest absolute Gasteiger partial charge is 0.275 e. The summed E-state index contributed by atoms with van der Waals surface area (Å²) in [5, 5.41) is 16.2. The van der Waals surface area contributed by atoms with Crippen LogP contribution in [0.15, 0.2) is 79.1 Å². The fraction of sp³-hybridized carbons (Fsp3) is 0.263. The molecule has 250 valence electrons. The first-order valence-electron chi connectivity index (χ1n) is 16.3. The van der Waals surface area contributed by atoms with Crippen molar-refractivity contribution >= 4 is 39.9 Å². The molecule has 49 heavy (non-hydrogen) atoms. The van der Waals surface area contributed by atoms with Crippen LogP contribution in [0.4, 0.5) is 21.6 Å². The number of hydrogen-bond acceptors (Lipinski definition) is 8. The van der Waals surface area contributed by atoms with E-state index in [4.69, 9.17) is 4.74 Å². The van der Waals surface area contributed by atoms with E-state index < -0.39 is 11.7 Å². The number of fused-ring (bicyclic) bond motifs is 2. The van der Waals surface area contributed by atoms with Gasteiger partial charge in [0.15, 0.2) is 0 Å². The Morgan fingerprint density at radius 1 is 1.04 bits per heavy atom. The van der Waals surface area contributed by atoms with Crippen molar-refractivity contribution in [3.63, 3.8) is 0 Å². The van der Waals surface area contributed by atoms with Crippen molar-refractivity contribution in [2.24, 2.45) is 0 Å². The first-order chi connectivity index (χ1) is 23.6. The molecule has 0 aliphatic carbocycles. The summed E-state index contributed by atoms with van der Waals surface area (Å²) in [6.45, 7) is 8.02. The Labute approximate surface area is 283 Å². The molecule has 0 unspecified atom stereocenters. The number of pyridine rings is 2. The number of hydrazine groups is 1. The number of aromatic nitrogens is 2. The van der Waals surface area contributed by atoms with Gasteiger partial charge >= 0.3 is 0 Å². The Morgan fingerprint density at radius 3 is 2.59 bits per heavy atom. The van der Waals surface area contributed by atoms with Gasteiger partial charge in [-0.05, 0) is 70.1 Å². The summed E-state index contributed by atoms with van der Waals surface area (Å²) in [6, 6.07) is 19.9. The van der Waals surface area contributed by atoms with Crippen molar-refractivity contribution in [2.75, 3.05) is 36.6 Å². The minimum Gasteiger partial charge on any atom is -0.392 e. The van der Waals surface area contributed by atoms with Crippen LogP contribution < -0.4 is 15.8 Å². The number of halogens is 1. The van der Waals surface area contributed by atoms with Gasteiger partial charge in [0.25, 0.3) is 11.8 Å². The van der Waals surface area contributed by atoms with Gasteiger partial charge in [-0.25, -0.2) is 19.8 Å². The molecule has 5 aromatic rings. The number of benzene rings is 3. The van der Waals surface area contributed by atoms with Crippen LogP contribution in [-0.4, -0.2) is 58.1 Å². The zero-order chi connectivity index (χ0) is 34.3. The van der Waals surface area contributed by atoms with Crippen molar-refractivity contribution in [3.05, 3.63) is 113 Å². The van der Waals surface area contributed by atoms with E-state index >= 15 is 4.39 Å². The summed E-state index contributed by atoms with van der Waals surface area (Å²) in [6.07, 6.45) is 3.26. The molecular formula is C38H37FN6O4. The lowest BCUT2D eigenvalue weighted by Gasteiger charge is -2.32. The molecule has 7 rings (SSSR count). The Hall–Kier alpha value is -5.23. The Bertz CT molecular complexity index is 2070. The van der Waals surface area contributed by atoms with Gasteiger partial charge in [-0.1, -0.05) is 45.0 Å². The van der Waals surface area contributed by atoms with Crippen LogP contribution in [0.25, 0.3) is 22.0 Å². The van der Waals surface area contributed by atoms with Crippen molar-refractivity contribution in [2.45, 2.75) is 39.3 Å². The molecule has 0 bridgehead atoms. The average Bonchev–Trinajstić information content (AvgIpc) is 3.11. The maximum Gasteiger partial charge on any atom is 0.275 e. The molecule has 1 fully saturated rings. The quantitative estimate of drug-likeness (QED) is 0.200. The Morgan fingerprint density at radius 2 is 1.86 bits per heavy atom. The molecule has 0 radical (unpaired) electrons. The molecular weight excluding hydrogens is 623 g/mol. The molecule has 2 aliphatic rings. The molecule has 1 saturated heterocycles. The number of aliphatic hydroxyl groups is 1. The molecule has 10 nitrogen and oxygen atoms in total. The SMILES string of the molecule is CC(C)(C)c1cc(F)c2c(c1)CNN(c1cccc(-c3cc(Nc4ccc(C(=O)N5CCOCC5)cn4)c4ncccc4c3)c1CO)C2=O. The average molecular weight is 661 g/mol. The topological polar surface area (TPSA) is 120 Å². The number of nitrogens with one attached hydrogen (secondary N) is 2. The number of morpholine rings is 1. The minimum atomic E-state index is -0.564. The number of carbonyl (C=O) groups excluding carboxylic acids is 2. The fourth-order valence-electron chi connectivity index (χ4n) is 6.36. The van der Waals surface area contributed by atoms with Crippen LogP contribution in [0, 0.1) is 5.82 Å². The molecule has 0 saturated carbocycles. The first-order valence-corrected chi connectivity index (χ1v) is 16.3. The number of ether oxygens (including phenoxy) is 1. The number of hydrogen-bond donors (Lipinski definition) is 3. The summed E-state index contributed by atoms with van der Waals surface area (Å²) in [5.74, 6) is -0.657. The highest BCUT2D eigenvalue weighted by Crippen LogP contribution is 2.38. The van der Waals surface area contributed by atoms with E-state index in [1.165, 1.54) is 11.1 Å². The zero-order valence-corrected chi connectivity index (χ0v) is 27.6. The highest BCUT2D eigenvalue weighted by atomic mass is 19.1. The van der Waals surface area contributed by atoms with E-state index in [9.17, 15) is 14.7 Å².